The maximum atomic E-state index is 12.6. The Morgan fingerprint density at radius 3 is 2.60 bits per heavy atom. The summed E-state index contributed by atoms with van der Waals surface area (Å²) in [5.74, 6) is 0.649. The zero-order valence-electron chi connectivity index (χ0n) is 18.2. The third kappa shape index (κ3) is 5.26. The highest BCUT2D eigenvalue weighted by atomic mass is 32.1. The first-order valence-corrected chi connectivity index (χ1v) is 11.4. The van der Waals surface area contributed by atoms with E-state index in [1.54, 1.807) is 0 Å². The van der Waals surface area contributed by atoms with Gasteiger partial charge in [-0.1, -0.05) is 6.92 Å². The molecule has 0 aromatic carbocycles. The molecule has 30 heavy (non-hydrogen) atoms. The van der Waals surface area contributed by atoms with E-state index in [1.165, 1.54) is 11.3 Å². The fraction of sp³-hybridized carbons (Fsp3) is 0.619. The molecule has 2 amide bonds. The van der Waals surface area contributed by atoms with E-state index in [4.69, 9.17) is 0 Å². The minimum absolute atomic E-state index is 0.0357. The maximum Gasteiger partial charge on any atom is 0.259 e. The Labute approximate surface area is 180 Å². The van der Waals surface area contributed by atoms with Crippen molar-refractivity contribution >= 4 is 33.4 Å². The van der Waals surface area contributed by atoms with Crippen LogP contribution in [-0.4, -0.2) is 70.3 Å². The summed E-state index contributed by atoms with van der Waals surface area (Å²) in [6, 6.07) is 0.182. The van der Waals surface area contributed by atoms with Crippen LogP contribution in [0.2, 0.25) is 0 Å². The van der Waals surface area contributed by atoms with Gasteiger partial charge in [-0.25, -0.2) is 4.98 Å². The molecule has 3 rings (SSSR count). The van der Waals surface area contributed by atoms with Gasteiger partial charge in [0.25, 0.3) is 5.56 Å². The minimum atomic E-state index is -0.131. The summed E-state index contributed by atoms with van der Waals surface area (Å²) in [5.41, 5.74) is 0.843. The highest BCUT2D eigenvalue weighted by molar-refractivity contribution is 7.18. The van der Waals surface area contributed by atoms with Crippen molar-refractivity contribution in [2.24, 2.45) is 0 Å². The number of nitrogens with zero attached hydrogens (tertiary/aromatic N) is 3. The molecule has 2 aromatic rings. The lowest BCUT2D eigenvalue weighted by molar-refractivity contribution is -0.133. The Kier molecular flexibility index (Phi) is 7.25. The number of aromatic amines is 1. The van der Waals surface area contributed by atoms with Crippen LogP contribution in [0.1, 0.15) is 43.0 Å². The first-order chi connectivity index (χ1) is 14.3. The number of piperazine rings is 1. The van der Waals surface area contributed by atoms with Gasteiger partial charge in [0.05, 0.1) is 11.9 Å². The van der Waals surface area contributed by atoms with Gasteiger partial charge in [-0.3, -0.25) is 19.3 Å². The highest BCUT2D eigenvalue weighted by Gasteiger charge is 2.23. The van der Waals surface area contributed by atoms with Crippen LogP contribution in [-0.2, 0) is 16.0 Å². The standard InChI is InChI=1S/C21H31N5O3S/c1-5-13(2)22-17(27)12-25-8-10-26(11-9-25)18(28)7-6-16-23-20(29)19-14(3)15(4)30-21(19)24-16/h13H,5-12H2,1-4H3,(H,22,27)(H,23,24,29). The second-order valence-electron chi connectivity index (χ2n) is 8.01. The van der Waals surface area contributed by atoms with Crippen molar-refractivity contribution in [3.8, 4) is 0 Å². The number of fused-ring (bicyclic) bond motifs is 1. The molecule has 0 aliphatic carbocycles. The molecule has 1 fully saturated rings. The van der Waals surface area contributed by atoms with Crippen molar-refractivity contribution in [3.63, 3.8) is 0 Å². The Balaban J connectivity index is 1.49. The molecular weight excluding hydrogens is 402 g/mol. The fourth-order valence-electron chi connectivity index (χ4n) is 3.58. The lowest BCUT2D eigenvalue weighted by atomic mass is 10.2. The number of carbonyl (C=O) groups excluding carboxylic acids is 2. The van der Waals surface area contributed by atoms with E-state index in [2.05, 4.69) is 20.2 Å². The molecule has 3 heterocycles. The van der Waals surface area contributed by atoms with E-state index >= 15 is 0 Å². The van der Waals surface area contributed by atoms with Gasteiger partial charge in [-0.15, -0.1) is 11.3 Å². The zero-order valence-corrected chi connectivity index (χ0v) is 19.0. The summed E-state index contributed by atoms with van der Waals surface area (Å²) < 4.78 is 0. The number of carbonyl (C=O) groups is 2. The maximum absolute atomic E-state index is 12.6. The molecule has 0 radical (unpaired) electrons. The van der Waals surface area contributed by atoms with Crippen molar-refractivity contribution in [1.29, 1.82) is 0 Å². The molecule has 1 aliphatic heterocycles. The first-order valence-electron chi connectivity index (χ1n) is 10.6. The molecule has 1 saturated heterocycles. The second kappa shape index (κ2) is 9.70. The largest absolute Gasteiger partial charge is 0.353 e. The van der Waals surface area contributed by atoms with E-state index in [0.29, 0.717) is 56.8 Å². The summed E-state index contributed by atoms with van der Waals surface area (Å²) in [6.07, 6.45) is 1.64. The van der Waals surface area contributed by atoms with Crippen LogP contribution in [0.25, 0.3) is 10.2 Å². The Bertz CT molecular complexity index is 975. The summed E-state index contributed by atoms with van der Waals surface area (Å²) >= 11 is 1.51. The third-order valence-corrected chi connectivity index (χ3v) is 6.88. The number of hydrogen-bond acceptors (Lipinski definition) is 6. The van der Waals surface area contributed by atoms with E-state index in [-0.39, 0.29) is 23.4 Å². The normalized spacial score (nSPS) is 16.1. The number of hydrogen-bond donors (Lipinski definition) is 2. The minimum Gasteiger partial charge on any atom is -0.353 e. The molecule has 8 nitrogen and oxygen atoms in total. The number of H-pyrrole nitrogens is 1. The van der Waals surface area contributed by atoms with Crippen LogP contribution >= 0.6 is 11.3 Å². The monoisotopic (exact) mass is 433 g/mol. The predicted molar refractivity (Wildman–Crippen MR) is 119 cm³/mol. The van der Waals surface area contributed by atoms with Crippen LogP contribution in [0.4, 0.5) is 0 Å². The molecule has 0 bridgehead atoms. The number of thiophene rings is 1. The molecule has 1 atom stereocenters. The number of amides is 2. The van der Waals surface area contributed by atoms with Crippen LogP contribution in [0.5, 0.6) is 0 Å². The molecule has 0 saturated carbocycles. The van der Waals surface area contributed by atoms with Gasteiger partial charge >= 0.3 is 0 Å². The first kappa shape index (κ1) is 22.4. The molecule has 2 aromatic heterocycles. The summed E-state index contributed by atoms with van der Waals surface area (Å²) in [6.45, 7) is 10.9. The fourth-order valence-corrected chi connectivity index (χ4v) is 4.63. The number of nitrogens with one attached hydrogen (secondary N) is 2. The van der Waals surface area contributed by atoms with Crippen LogP contribution < -0.4 is 10.9 Å². The summed E-state index contributed by atoms with van der Waals surface area (Å²) in [7, 11) is 0. The molecule has 1 aliphatic rings. The highest BCUT2D eigenvalue weighted by Crippen LogP contribution is 2.25. The average Bonchev–Trinajstić information content (AvgIpc) is 3.00. The van der Waals surface area contributed by atoms with Crippen molar-refractivity contribution in [2.75, 3.05) is 32.7 Å². The molecule has 2 N–H and O–H groups in total. The van der Waals surface area contributed by atoms with Gasteiger partial charge < -0.3 is 15.2 Å². The summed E-state index contributed by atoms with van der Waals surface area (Å²) in [4.78, 5) is 50.1. The molecule has 0 spiro atoms. The van der Waals surface area contributed by atoms with Gasteiger partial charge in [0.1, 0.15) is 10.7 Å². The van der Waals surface area contributed by atoms with Crippen molar-refractivity contribution < 1.29 is 9.59 Å². The van der Waals surface area contributed by atoms with E-state index < -0.39 is 0 Å². The van der Waals surface area contributed by atoms with Crippen molar-refractivity contribution in [3.05, 3.63) is 26.6 Å². The Morgan fingerprint density at radius 1 is 1.23 bits per heavy atom. The molecular formula is C21H31N5O3S. The average molecular weight is 434 g/mol. The van der Waals surface area contributed by atoms with Crippen LogP contribution in [0.15, 0.2) is 4.79 Å². The lowest BCUT2D eigenvalue weighted by Crippen LogP contribution is -2.51. The van der Waals surface area contributed by atoms with Gasteiger partial charge in [0.15, 0.2) is 0 Å². The number of aromatic nitrogens is 2. The molecule has 1 unspecified atom stereocenters. The van der Waals surface area contributed by atoms with Gasteiger partial charge in [-0.2, -0.15) is 0 Å². The SMILES string of the molecule is CCC(C)NC(=O)CN1CCN(C(=O)CCc2nc3sc(C)c(C)c3c(=O)[nH]2)CC1. The van der Waals surface area contributed by atoms with Gasteiger partial charge in [0, 0.05) is 49.9 Å². The smallest absolute Gasteiger partial charge is 0.259 e. The molecule has 164 valence electrons. The topological polar surface area (TPSA) is 98.4 Å². The van der Waals surface area contributed by atoms with Crippen molar-refractivity contribution in [1.82, 2.24) is 25.1 Å². The lowest BCUT2D eigenvalue weighted by Gasteiger charge is -2.34. The van der Waals surface area contributed by atoms with E-state index in [0.717, 1.165) is 21.7 Å². The predicted octanol–water partition coefficient (Wildman–Crippen LogP) is 1.59. The quantitative estimate of drug-likeness (QED) is 0.691. The van der Waals surface area contributed by atoms with Crippen LogP contribution in [0, 0.1) is 13.8 Å². The number of rotatable bonds is 7. The Morgan fingerprint density at radius 2 is 1.93 bits per heavy atom. The van der Waals surface area contributed by atoms with Gasteiger partial charge in [0.2, 0.25) is 11.8 Å². The Hall–Kier alpha value is -2.26. The van der Waals surface area contributed by atoms with E-state index in [9.17, 15) is 14.4 Å². The second-order valence-corrected chi connectivity index (χ2v) is 9.21. The van der Waals surface area contributed by atoms with Crippen LogP contribution in [0.3, 0.4) is 0 Å². The molecule has 9 heteroatoms. The third-order valence-electron chi connectivity index (χ3n) is 5.78. The van der Waals surface area contributed by atoms with Gasteiger partial charge in [-0.05, 0) is 32.8 Å². The van der Waals surface area contributed by atoms with Crippen molar-refractivity contribution in [2.45, 2.75) is 53.0 Å². The zero-order chi connectivity index (χ0) is 21.8. The summed E-state index contributed by atoms with van der Waals surface area (Å²) in [5, 5.41) is 3.63. The number of aryl methyl sites for hydroxylation is 3. The van der Waals surface area contributed by atoms with E-state index in [1.807, 2.05) is 32.6 Å².